The molecule has 0 aliphatic carbocycles. The van der Waals surface area contributed by atoms with Crippen molar-refractivity contribution in [2.45, 2.75) is 198 Å². The van der Waals surface area contributed by atoms with Gasteiger partial charge in [0, 0.05) is 39.5 Å². The van der Waals surface area contributed by atoms with Crippen LogP contribution in [0, 0.1) is 16.2 Å². The molecule has 0 spiro atoms. The van der Waals surface area contributed by atoms with E-state index in [2.05, 4.69) is 54.8 Å². The van der Waals surface area contributed by atoms with E-state index in [0.29, 0.717) is 32.1 Å². The predicted molar refractivity (Wildman–Crippen MR) is 271 cm³/mol. The maximum absolute atomic E-state index is 14.1. The van der Waals surface area contributed by atoms with Crippen LogP contribution in [-0.4, -0.2) is 128 Å². The number of carbonyl (C=O) groups is 7. The van der Waals surface area contributed by atoms with Gasteiger partial charge in [0.2, 0.25) is 35.4 Å². The average molecular weight is 995 g/mol. The highest BCUT2D eigenvalue weighted by molar-refractivity contribution is 5.96. The topological polar surface area (TPSA) is 424 Å². The van der Waals surface area contributed by atoms with Crippen molar-refractivity contribution >= 4 is 59.3 Å². The number of aliphatic carboxylic acids is 1. The second kappa shape index (κ2) is 40.9. The smallest absolute Gasteiger partial charge is 0.303 e. The molecule has 0 heterocycles. The van der Waals surface area contributed by atoms with Gasteiger partial charge in [-0.25, -0.2) is 0 Å². The Morgan fingerprint density at radius 3 is 1.10 bits per heavy atom. The van der Waals surface area contributed by atoms with E-state index in [4.69, 9.17) is 39.2 Å². The lowest BCUT2D eigenvalue weighted by Crippen LogP contribution is -2.59. The molecule has 24 nitrogen and oxygen atoms in total. The van der Waals surface area contributed by atoms with Gasteiger partial charge in [0.1, 0.15) is 30.2 Å². The van der Waals surface area contributed by atoms with Crippen molar-refractivity contribution in [3.8, 4) is 0 Å². The first-order chi connectivity index (χ1) is 33.4. The van der Waals surface area contributed by atoms with E-state index >= 15 is 0 Å². The van der Waals surface area contributed by atoms with Crippen molar-refractivity contribution in [3.05, 3.63) is 0 Å². The van der Waals surface area contributed by atoms with Gasteiger partial charge in [0.05, 0.1) is 0 Å². The summed E-state index contributed by atoms with van der Waals surface area (Å²) < 4.78 is 0. The summed E-state index contributed by atoms with van der Waals surface area (Å²) in [5, 5.41) is 55.6. The van der Waals surface area contributed by atoms with Crippen molar-refractivity contribution in [3.63, 3.8) is 0 Å². The Labute approximate surface area is 414 Å². The maximum Gasteiger partial charge on any atom is 0.303 e. The van der Waals surface area contributed by atoms with Crippen molar-refractivity contribution in [2.24, 2.45) is 22.9 Å². The minimum Gasteiger partial charge on any atom is -0.481 e. The molecule has 5 atom stereocenters. The molecule has 0 bridgehead atoms. The number of unbranched alkanes of at least 4 members (excludes halogenated alkanes) is 13. The summed E-state index contributed by atoms with van der Waals surface area (Å²) in [7, 11) is 1.40. The standard InChI is InChI=1S/C46H90N16O8/c1-3-4-5-6-7-8-9-10-11-12-13-14-15-25-37(63)58-33(23-19-30-56-45(50)51)40(67)62-36(26-27-38(64)65)43(70)60-34(21-16-17-28-47)41(68)61-35(24-20-31-57-46(52)53)42(69)59-32(39(66)54-2)22-18-29-55-44(48)49/h32-36H,3-31,47H2,1-2H3,(H,54,66)(H,58,63)(H,59,69)(H,60,70)(H,61,68)(H,62,67)(H,64,65)(H4,48,49,55)(H4,50,51,56)(H4,52,53,57)/t32-,33-,34-,35-,36-/m0/s1. The Kier molecular flexibility index (Phi) is 37.4. The molecule has 0 aliphatic heterocycles. The van der Waals surface area contributed by atoms with Gasteiger partial charge in [-0.1, -0.05) is 84.0 Å². The van der Waals surface area contributed by atoms with Gasteiger partial charge in [0.15, 0.2) is 17.9 Å². The number of hydrogen-bond donors (Lipinski definition) is 17. The van der Waals surface area contributed by atoms with Gasteiger partial charge in [-0.05, 0) is 77.2 Å². The van der Waals surface area contributed by atoms with Crippen molar-refractivity contribution in [1.29, 1.82) is 16.2 Å². The third kappa shape index (κ3) is 34.4. The lowest BCUT2D eigenvalue weighted by Gasteiger charge is -2.27. The average Bonchev–Trinajstić information content (AvgIpc) is 3.30. The summed E-state index contributed by atoms with van der Waals surface area (Å²) >= 11 is 0. The predicted octanol–water partition coefficient (Wildman–Crippen LogP) is 0.421. The van der Waals surface area contributed by atoms with E-state index in [9.17, 15) is 38.7 Å². The number of guanidine groups is 3. The second-order valence-corrected chi connectivity index (χ2v) is 17.6. The summed E-state index contributed by atoms with van der Waals surface area (Å²) in [6.45, 7) is 3.12. The number of amides is 6. The highest BCUT2D eigenvalue weighted by Gasteiger charge is 2.32. The van der Waals surface area contributed by atoms with Gasteiger partial charge >= 0.3 is 5.97 Å². The highest BCUT2D eigenvalue weighted by Crippen LogP contribution is 2.14. The quantitative estimate of drug-likeness (QED) is 0.0224. The lowest BCUT2D eigenvalue weighted by atomic mass is 10.0. The minimum atomic E-state index is -1.47. The van der Waals surface area contributed by atoms with Crippen LogP contribution in [0.3, 0.4) is 0 Å². The Hall–Kier alpha value is -5.94. The van der Waals surface area contributed by atoms with E-state index in [1.54, 1.807) is 0 Å². The number of rotatable bonds is 43. The van der Waals surface area contributed by atoms with Crippen LogP contribution >= 0.6 is 0 Å². The van der Waals surface area contributed by atoms with Crippen LogP contribution in [0.2, 0.25) is 0 Å². The maximum atomic E-state index is 14.1. The summed E-state index contributed by atoms with van der Waals surface area (Å²) in [6.07, 6.45) is 16.1. The van der Waals surface area contributed by atoms with E-state index in [1.165, 1.54) is 58.4 Å². The van der Waals surface area contributed by atoms with E-state index in [-0.39, 0.29) is 94.9 Å². The second-order valence-electron chi connectivity index (χ2n) is 17.6. The summed E-state index contributed by atoms with van der Waals surface area (Å²) in [6, 6.07) is -6.17. The molecule has 0 aromatic heterocycles. The normalized spacial score (nSPS) is 13.0. The number of nitrogens with two attached hydrogens (primary N) is 4. The minimum absolute atomic E-state index is 0.0133. The van der Waals surface area contributed by atoms with Crippen LogP contribution in [0.1, 0.15) is 167 Å². The number of likely N-dealkylation sites (N-methyl/N-ethyl adjacent to an activating group) is 1. The van der Waals surface area contributed by atoms with Crippen LogP contribution in [0.15, 0.2) is 0 Å². The first-order valence-electron chi connectivity index (χ1n) is 25.3. The van der Waals surface area contributed by atoms with Crippen molar-refractivity contribution < 1.29 is 38.7 Å². The lowest BCUT2D eigenvalue weighted by molar-refractivity contribution is -0.138. The molecule has 0 rings (SSSR count). The zero-order chi connectivity index (χ0) is 52.5. The molecule has 70 heavy (non-hydrogen) atoms. The summed E-state index contributed by atoms with van der Waals surface area (Å²) in [4.78, 5) is 93.5. The van der Waals surface area contributed by atoms with Gasteiger partial charge in [0.25, 0.3) is 0 Å². The number of carboxylic acid groups (broad SMARTS) is 1. The molecular weight excluding hydrogens is 905 g/mol. The monoisotopic (exact) mass is 995 g/mol. The molecule has 0 fully saturated rings. The molecule has 0 aliphatic rings. The van der Waals surface area contributed by atoms with Crippen molar-refractivity contribution in [2.75, 3.05) is 33.2 Å². The largest absolute Gasteiger partial charge is 0.481 e. The van der Waals surface area contributed by atoms with Gasteiger partial charge in [-0.3, -0.25) is 49.8 Å². The van der Waals surface area contributed by atoms with Gasteiger partial charge in [-0.15, -0.1) is 0 Å². The van der Waals surface area contributed by atoms with Crippen LogP contribution in [0.25, 0.3) is 0 Å². The molecule has 402 valence electrons. The molecule has 0 saturated carbocycles. The van der Waals surface area contributed by atoms with Gasteiger partial charge < -0.3 is 75.9 Å². The highest BCUT2D eigenvalue weighted by atomic mass is 16.4. The Morgan fingerprint density at radius 2 is 0.757 bits per heavy atom. The van der Waals surface area contributed by atoms with E-state index < -0.39 is 72.1 Å². The molecular formula is C46H90N16O8. The fourth-order valence-electron chi connectivity index (χ4n) is 7.53. The fraction of sp³-hybridized carbons (Fsp3) is 0.783. The van der Waals surface area contributed by atoms with Gasteiger partial charge in [-0.2, -0.15) is 0 Å². The van der Waals surface area contributed by atoms with Crippen LogP contribution < -0.4 is 70.8 Å². The third-order valence-corrected chi connectivity index (χ3v) is 11.5. The number of carboxylic acids is 1. The Morgan fingerprint density at radius 1 is 0.429 bits per heavy atom. The Bertz CT molecular complexity index is 1590. The number of nitrogens with one attached hydrogen (secondary N) is 12. The molecule has 0 radical (unpaired) electrons. The van der Waals surface area contributed by atoms with E-state index in [0.717, 1.165) is 25.7 Å². The molecule has 0 unspecified atom stereocenters. The van der Waals surface area contributed by atoms with Crippen molar-refractivity contribution in [1.82, 2.24) is 47.9 Å². The summed E-state index contributed by atoms with van der Waals surface area (Å²) in [5.41, 5.74) is 21.9. The molecule has 0 aromatic rings. The third-order valence-electron chi connectivity index (χ3n) is 11.5. The van der Waals surface area contributed by atoms with E-state index in [1.807, 2.05) is 0 Å². The zero-order valence-corrected chi connectivity index (χ0v) is 42.0. The Balaban J connectivity index is 6.13. The molecule has 0 aromatic carbocycles. The molecule has 6 amide bonds. The molecule has 21 N–H and O–H groups in total. The first-order valence-corrected chi connectivity index (χ1v) is 25.3. The van der Waals surface area contributed by atoms with Crippen LogP contribution in [0.5, 0.6) is 0 Å². The number of hydrogen-bond acceptors (Lipinski definition) is 11. The first kappa shape index (κ1) is 64.1. The van der Waals surface area contributed by atoms with Crippen LogP contribution in [0.4, 0.5) is 0 Å². The fourth-order valence-corrected chi connectivity index (χ4v) is 7.53. The molecule has 0 saturated heterocycles. The molecule has 24 heteroatoms. The number of carbonyl (C=O) groups excluding carboxylic acids is 6. The zero-order valence-electron chi connectivity index (χ0n) is 42.0. The van der Waals surface area contributed by atoms with Crippen LogP contribution in [-0.2, 0) is 33.6 Å². The SMILES string of the molecule is CCCCCCCCCCCCCCCC(=O)N[C@@H](CCCNC(=N)N)C(=O)N[C@@H](CCC(=O)O)C(=O)N[C@@H](CCCCN)C(=O)N[C@@H](CCCNC(=N)N)C(=O)N[C@@H](CCCNC(=N)N)C(=O)NC. The summed E-state index contributed by atoms with van der Waals surface area (Å²) in [5.74, 6) is -6.11.